The molecule has 6 heteroatoms. The molecule has 0 unspecified atom stereocenters. The molecule has 0 radical (unpaired) electrons. The topological polar surface area (TPSA) is 64.4 Å². The largest absolute Gasteiger partial charge is 0.466 e. The van der Waals surface area contributed by atoms with Gasteiger partial charge in [-0.15, -0.1) is 0 Å². The van der Waals surface area contributed by atoms with Crippen LogP contribution in [0.1, 0.15) is 53.5 Å². The quantitative estimate of drug-likeness (QED) is 0.759. The van der Waals surface area contributed by atoms with Crippen molar-refractivity contribution in [2.75, 3.05) is 19.7 Å². The van der Waals surface area contributed by atoms with E-state index >= 15 is 0 Å². The Morgan fingerprint density at radius 3 is 2.37 bits per heavy atom. The van der Waals surface area contributed by atoms with Gasteiger partial charge < -0.3 is 9.64 Å². The molecule has 27 heavy (non-hydrogen) atoms. The summed E-state index contributed by atoms with van der Waals surface area (Å²) >= 11 is 0. The highest BCUT2D eigenvalue weighted by Gasteiger charge is 2.19. The number of piperidine rings is 1. The summed E-state index contributed by atoms with van der Waals surface area (Å²) in [6, 6.07) is 7.52. The highest BCUT2D eigenvalue weighted by molar-refractivity contribution is 5.94. The van der Waals surface area contributed by atoms with Crippen LogP contribution in [-0.2, 0) is 16.0 Å². The van der Waals surface area contributed by atoms with Gasteiger partial charge in [0, 0.05) is 29.9 Å². The van der Waals surface area contributed by atoms with Gasteiger partial charge in [-0.3, -0.25) is 9.59 Å². The van der Waals surface area contributed by atoms with Crippen molar-refractivity contribution in [2.45, 2.75) is 46.5 Å². The summed E-state index contributed by atoms with van der Waals surface area (Å²) < 4.78 is 6.87. The van der Waals surface area contributed by atoms with Gasteiger partial charge >= 0.3 is 5.97 Å². The maximum atomic E-state index is 12.6. The van der Waals surface area contributed by atoms with Crippen LogP contribution in [0.5, 0.6) is 0 Å². The number of carbonyl (C=O) groups excluding carboxylic acids is 2. The lowest BCUT2D eigenvalue weighted by Gasteiger charge is -2.26. The predicted octanol–water partition coefficient (Wildman–Crippen LogP) is 3.22. The number of likely N-dealkylation sites (tertiary alicyclic amines) is 1. The number of ether oxygens (including phenoxy) is 1. The Morgan fingerprint density at radius 1 is 1.07 bits per heavy atom. The van der Waals surface area contributed by atoms with Crippen molar-refractivity contribution in [1.29, 1.82) is 0 Å². The molecule has 144 valence electrons. The molecule has 1 aromatic carbocycles. The normalized spacial score (nSPS) is 14.3. The lowest BCUT2D eigenvalue weighted by Crippen LogP contribution is -2.35. The van der Waals surface area contributed by atoms with Gasteiger partial charge in [0.05, 0.1) is 24.4 Å². The summed E-state index contributed by atoms with van der Waals surface area (Å²) in [5, 5.41) is 4.57. The van der Waals surface area contributed by atoms with Crippen molar-refractivity contribution in [2.24, 2.45) is 0 Å². The Balaban J connectivity index is 1.79. The minimum atomic E-state index is -0.245. The summed E-state index contributed by atoms with van der Waals surface area (Å²) in [6.07, 6.45) is 3.59. The third-order valence-electron chi connectivity index (χ3n) is 5.07. The molecule has 0 aliphatic carbocycles. The molecule has 2 heterocycles. The molecule has 6 nitrogen and oxygen atoms in total. The molecule has 0 atom stereocenters. The number of benzene rings is 1. The Hall–Kier alpha value is -2.63. The van der Waals surface area contributed by atoms with E-state index < -0.39 is 0 Å². The van der Waals surface area contributed by atoms with Crippen LogP contribution in [-0.4, -0.2) is 46.3 Å². The number of hydrogen-bond acceptors (Lipinski definition) is 4. The molecule has 0 bridgehead atoms. The second-order valence-electron chi connectivity index (χ2n) is 6.94. The number of carbonyl (C=O) groups is 2. The van der Waals surface area contributed by atoms with Crippen molar-refractivity contribution in [3.05, 3.63) is 46.8 Å². The average Bonchev–Trinajstić information content (AvgIpc) is 2.96. The number of hydrogen-bond donors (Lipinski definition) is 0. The summed E-state index contributed by atoms with van der Waals surface area (Å²) in [4.78, 5) is 26.4. The molecule has 1 aromatic heterocycles. The average molecular weight is 369 g/mol. The smallest absolute Gasteiger partial charge is 0.310 e. The molecule has 0 N–H and O–H groups in total. The predicted molar refractivity (Wildman–Crippen MR) is 103 cm³/mol. The van der Waals surface area contributed by atoms with Crippen molar-refractivity contribution >= 4 is 11.9 Å². The SMILES string of the molecule is CCOC(=O)Cc1c(C)nn(-c2ccc(C(=O)N3CCCCC3)cc2)c1C. The summed E-state index contributed by atoms with van der Waals surface area (Å²) in [7, 11) is 0. The first kappa shape index (κ1) is 19.1. The lowest BCUT2D eigenvalue weighted by molar-refractivity contribution is -0.142. The zero-order chi connectivity index (χ0) is 19.4. The third-order valence-corrected chi connectivity index (χ3v) is 5.07. The fraction of sp³-hybridized carbons (Fsp3) is 0.476. The van der Waals surface area contributed by atoms with Crippen molar-refractivity contribution in [3.63, 3.8) is 0 Å². The van der Waals surface area contributed by atoms with E-state index in [1.165, 1.54) is 6.42 Å². The standard InChI is InChI=1S/C21H27N3O3/c1-4-27-20(25)14-19-15(2)22-24(16(19)3)18-10-8-17(9-11-18)21(26)23-12-6-5-7-13-23/h8-11H,4-7,12-14H2,1-3H3. The minimum absolute atomic E-state index is 0.0950. The van der Waals surface area contributed by atoms with Crippen LogP contribution < -0.4 is 0 Å². The summed E-state index contributed by atoms with van der Waals surface area (Å²) in [5.74, 6) is -0.150. The Bertz CT molecular complexity index is 818. The highest BCUT2D eigenvalue weighted by atomic mass is 16.5. The van der Waals surface area contributed by atoms with Gasteiger partial charge in [0.25, 0.3) is 5.91 Å². The maximum Gasteiger partial charge on any atom is 0.310 e. The molecule has 3 rings (SSSR count). The van der Waals surface area contributed by atoms with Crippen LogP contribution in [0.2, 0.25) is 0 Å². The first-order valence-corrected chi connectivity index (χ1v) is 9.61. The van der Waals surface area contributed by atoms with E-state index in [0.717, 1.165) is 48.6 Å². The van der Waals surface area contributed by atoms with Gasteiger partial charge in [-0.05, 0) is 64.3 Å². The second-order valence-corrected chi connectivity index (χ2v) is 6.94. The number of esters is 1. The number of nitrogens with zero attached hydrogens (tertiary/aromatic N) is 3. The molecule has 1 aliphatic heterocycles. The van der Waals surface area contributed by atoms with E-state index in [2.05, 4.69) is 5.10 Å². The first-order valence-electron chi connectivity index (χ1n) is 9.61. The van der Waals surface area contributed by atoms with Gasteiger partial charge in [0.2, 0.25) is 0 Å². The van der Waals surface area contributed by atoms with E-state index in [-0.39, 0.29) is 18.3 Å². The molecular formula is C21H27N3O3. The minimum Gasteiger partial charge on any atom is -0.466 e. The molecule has 0 saturated carbocycles. The van der Waals surface area contributed by atoms with Crippen LogP contribution in [0.15, 0.2) is 24.3 Å². The van der Waals surface area contributed by atoms with Crippen LogP contribution >= 0.6 is 0 Å². The summed E-state index contributed by atoms with van der Waals surface area (Å²) in [5.41, 5.74) is 4.20. The molecule has 2 aromatic rings. The van der Waals surface area contributed by atoms with E-state index in [1.807, 2.05) is 47.7 Å². The highest BCUT2D eigenvalue weighted by Crippen LogP contribution is 2.20. The van der Waals surface area contributed by atoms with Gasteiger partial charge in [-0.2, -0.15) is 5.10 Å². The number of aromatic nitrogens is 2. The van der Waals surface area contributed by atoms with Crippen LogP contribution in [0, 0.1) is 13.8 Å². The van der Waals surface area contributed by atoms with E-state index in [0.29, 0.717) is 12.2 Å². The number of amides is 1. The monoisotopic (exact) mass is 369 g/mol. The fourth-order valence-electron chi connectivity index (χ4n) is 3.56. The van der Waals surface area contributed by atoms with Crippen molar-refractivity contribution in [1.82, 2.24) is 14.7 Å². The summed E-state index contributed by atoms with van der Waals surface area (Å²) in [6.45, 7) is 7.70. The third kappa shape index (κ3) is 4.21. The van der Waals surface area contributed by atoms with E-state index in [1.54, 1.807) is 6.92 Å². The molecule has 1 amide bonds. The Morgan fingerprint density at radius 2 is 1.74 bits per heavy atom. The van der Waals surface area contributed by atoms with Crippen molar-refractivity contribution in [3.8, 4) is 5.69 Å². The molecule has 0 spiro atoms. The Labute approximate surface area is 160 Å². The zero-order valence-electron chi connectivity index (χ0n) is 16.3. The van der Waals surface area contributed by atoms with E-state index in [4.69, 9.17) is 4.74 Å². The lowest BCUT2D eigenvalue weighted by atomic mass is 10.1. The van der Waals surface area contributed by atoms with Crippen LogP contribution in [0.25, 0.3) is 5.69 Å². The second kappa shape index (κ2) is 8.37. The van der Waals surface area contributed by atoms with E-state index in [9.17, 15) is 9.59 Å². The van der Waals surface area contributed by atoms with Crippen LogP contribution in [0.4, 0.5) is 0 Å². The molecule has 1 saturated heterocycles. The van der Waals surface area contributed by atoms with Gasteiger partial charge in [-0.25, -0.2) is 4.68 Å². The van der Waals surface area contributed by atoms with Gasteiger partial charge in [-0.1, -0.05) is 0 Å². The Kier molecular flexibility index (Phi) is 5.94. The zero-order valence-corrected chi connectivity index (χ0v) is 16.3. The molecule has 1 aliphatic rings. The van der Waals surface area contributed by atoms with Gasteiger partial charge in [0.15, 0.2) is 0 Å². The fourth-order valence-corrected chi connectivity index (χ4v) is 3.56. The maximum absolute atomic E-state index is 12.6. The van der Waals surface area contributed by atoms with Crippen LogP contribution in [0.3, 0.4) is 0 Å². The molecular weight excluding hydrogens is 342 g/mol. The van der Waals surface area contributed by atoms with Crippen molar-refractivity contribution < 1.29 is 14.3 Å². The number of rotatable bonds is 5. The molecule has 1 fully saturated rings. The number of aryl methyl sites for hydroxylation is 1. The van der Waals surface area contributed by atoms with Gasteiger partial charge in [0.1, 0.15) is 0 Å². The first-order chi connectivity index (χ1) is 13.0.